The smallest absolute Gasteiger partial charge is 0.115 e. The molecule has 0 aromatic carbocycles. The molecular formula is C17H25N3. The van der Waals surface area contributed by atoms with Gasteiger partial charge in [0.25, 0.3) is 0 Å². The molecule has 5 rings (SSSR count). The lowest BCUT2D eigenvalue weighted by Crippen LogP contribution is -2.49. The average Bonchev–Trinajstić information content (AvgIpc) is 2.46. The van der Waals surface area contributed by atoms with Gasteiger partial charge in [0, 0.05) is 24.0 Å². The van der Waals surface area contributed by atoms with Gasteiger partial charge in [-0.25, -0.2) is 9.97 Å². The lowest BCUT2D eigenvalue weighted by molar-refractivity contribution is -0.0524. The molecule has 0 saturated heterocycles. The van der Waals surface area contributed by atoms with Crippen LogP contribution in [0, 0.1) is 29.6 Å². The molecule has 1 N–H and O–H groups in total. The summed E-state index contributed by atoms with van der Waals surface area (Å²) in [7, 11) is 0. The maximum Gasteiger partial charge on any atom is 0.115 e. The normalized spacial score (nSPS) is 40.0. The average molecular weight is 271 g/mol. The van der Waals surface area contributed by atoms with Crippen LogP contribution in [-0.4, -0.2) is 16.5 Å². The molecule has 0 amide bonds. The Labute approximate surface area is 121 Å². The summed E-state index contributed by atoms with van der Waals surface area (Å²) in [4.78, 5) is 8.50. The summed E-state index contributed by atoms with van der Waals surface area (Å²) >= 11 is 0. The summed E-state index contributed by atoms with van der Waals surface area (Å²) in [5, 5.41) is 3.75. The van der Waals surface area contributed by atoms with Crippen molar-refractivity contribution in [2.45, 2.75) is 45.1 Å². The van der Waals surface area contributed by atoms with Gasteiger partial charge in [-0.1, -0.05) is 6.92 Å². The van der Waals surface area contributed by atoms with Crippen molar-refractivity contribution in [1.82, 2.24) is 15.3 Å². The van der Waals surface area contributed by atoms with E-state index in [0.717, 1.165) is 36.1 Å². The molecule has 4 fully saturated rings. The van der Waals surface area contributed by atoms with Crippen molar-refractivity contribution in [3.63, 3.8) is 0 Å². The summed E-state index contributed by atoms with van der Waals surface area (Å²) < 4.78 is 0. The Morgan fingerprint density at radius 1 is 1.05 bits per heavy atom. The first-order chi connectivity index (χ1) is 9.85. The molecule has 4 aliphatic rings. The lowest BCUT2D eigenvalue weighted by Gasteiger charge is -2.56. The van der Waals surface area contributed by atoms with Gasteiger partial charge in [-0.05, 0) is 68.2 Å². The molecule has 3 nitrogen and oxygen atoms in total. The summed E-state index contributed by atoms with van der Waals surface area (Å²) in [6.45, 7) is 3.25. The lowest BCUT2D eigenvalue weighted by atomic mass is 9.50. The van der Waals surface area contributed by atoms with E-state index in [0.29, 0.717) is 6.04 Å². The third-order valence-electron chi connectivity index (χ3n) is 6.05. The Morgan fingerprint density at radius 2 is 1.65 bits per heavy atom. The van der Waals surface area contributed by atoms with Crippen LogP contribution in [0.25, 0.3) is 0 Å². The second kappa shape index (κ2) is 5.10. The van der Waals surface area contributed by atoms with E-state index in [9.17, 15) is 0 Å². The van der Waals surface area contributed by atoms with Crippen LogP contribution in [0.4, 0.5) is 0 Å². The Balaban J connectivity index is 1.63. The third-order valence-corrected chi connectivity index (χ3v) is 6.05. The first-order valence-electron chi connectivity index (χ1n) is 8.33. The molecule has 108 valence electrons. The molecule has 20 heavy (non-hydrogen) atoms. The zero-order chi connectivity index (χ0) is 13.5. The molecule has 1 aromatic heterocycles. The fourth-order valence-corrected chi connectivity index (χ4v) is 5.68. The van der Waals surface area contributed by atoms with Crippen molar-refractivity contribution in [3.8, 4) is 0 Å². The Morgan fingerprint density at radius 3 is 2.20 bits per heavy atom. The highest BCUT2D eigenvalue weighted by Crippen LogP contribution is 2.59. The van der Waals surface area contributed by atoms with Gasteiger partial charge in [0.15, 0.2) is 0 Å². The minimum absolute atomic E-state index is 0.469. The van der Waals surface area contributed by atoms with Crippen molar-refractivity contribution in [1.29, 1.82) is 0 Å². The van der Waals surface area contributed by atoms with E-state index in [2.05, 4.69) is 22.2 Å². The number of nitrogens with zero attached hydrogens (tertiary/aromatic N) is 2. The highest BCUT2D eigenvalue weighted by atomic mass is 14.9. The molecular weight excluding hydrogens is 246 g/mol. The van der Waals surface area contributed by atoms with Crippen LogP contribution in [0.3, 0.4) is 0 Å². The molecule has 0 aliphatic heterocycles. The predicted molar refractivity (Wildman–Crippen MR) is 79.0 cm³/mol. The van der Waals surface area contributed by atoms with E-state index < -0.39 is 0 Å². The van der Waals surface area contributed by atoms with E-state index in [4.69, 9.17) is 0 Å². The van der Waals surface area contributed by atoms with Gasteiger partial charge >= 0.3 is 0 Å². The van der Waals surface area contributed by atoms with Crippen molar-refractivity contribution in [3.05, 3.63) is 24.3 Å². The van der Waals surface area contributed by atoms with Crippen LogP contribution in [0.2, 0.25) is 0 Å². The van der Waals surface area contributed by atoms with Crippen molar-refractivity contribution < 1.29 is 0 Å². The number of hydrogen-bond donors (Lipinski definition) is 1. The maximum atomic E-state index is 4.25. The van der Waals surface area contributed by atoms with Crippen LogP contribution in [-0.2, 0) is 0 Å². The molecule has 4 saturated carbocycles. The molecule has 4 aliphatic carbocycles. The van der Waals surface area contributed by atoms with Crippen molar-refractivity contribution >= 4 is 0 Å². The Kier molecular flexibility index (Phi) is 3.25. The fraction of sp³-hybridized carbons (Fsp3) is 0.765. The first-order valence-corrected chi connectivity index (χ1v) is 8.33. The molecule has 1 atom stereocenters. The van der Waals surface area contributed by atoms with Crippen LogP contribution >= 0.6 is 0 Å². The van der Waals surface area contributed by atoms with Gasteiger partial charge in [-0.2, -0.15) is 0 Å². The van der Waals surface area contributed by atoms with Gasteiger partial charge in [-0.3, -0.25) is 0 Å². The molecule has 3 heteroatoms. The molecule has 0 radical (unpaired) electrons. The van der Waals surface area contributed by atoms with Crippen molar-refractivity contribution in [2.75, 3.05) is 6.54 Å². The number of nitrogens with one attached hydrogen (secondary N) is 1. The second-order valence-corrected chi connectivity index (χ2v) is 7.22. The SMILES string of the molecule is CCNC(c1cncnc1)C1C2CC3CC(C2)CC1C3. The fourth-order valence-electron chi connectivity index (χ4n) is 5.68. The minimum atomic E-state index is 0.469. The number of rotatable bonds is 4. The summed E-state index contributed by atoms with van der Waals surface area (Å²) in [6, 6.07) is 0.469. The highest BCUT2D eigenvalue weighted by molar-refractivity contribution is 5.14. The molecule has 1 heterocycles. The quantitative estimate of drug-likeness (QED) is 0.914. The van der Waals surface area contributed by atoms with Crippen LogP contribution in [0.15, 0.2) is 18.7 Å². The van der Waals surface area contributed by atoms with Gasteiger partial charge in [0.05, 0.1) is 0 Å². The minimum Gasteiger partial charge on any atom is -0.310 e. The monoisotopic (exact) mass is 271 g/mol. The number of aromatic nitrogens is 2. The molecule has 1 unspecified atom stereocenters. The summed E-state index contributed by atoms with van der Waals surface area (Å²) in [6.07, 6.45) is 13.1. The van der Waals surface area contributed by atoms with Crippen LogP contribution in [0.1, 0.15) is 50.6 Å². The van der Waals surface area contributed by atoms with Gasteiger partial charge in [-0.15, -0.1) is 0 Å². The van der Waals surface area contributed by atoms with Gasteiger partial charge in [0.2, 0.25) is 0 Å². The van der Waals surface area contributed by atoms with E-state index >= 15 is 0 Å². The predicted octanol–water partition coefficient (Wildman–Crippen LogP) is 3.20. The highest BCUT2D eigenvalue weighted by Gasteiger charge is 2.50. The largest absolute Gasteiger partial charge is 0.310 e. The summed E-state index contributed by atoms with van der Waals surface area (Å²) in [5.74, 6) is 4.78. The van der Waals surface area contributed by atoms with E-state index in [1.54, 1.807) is 6.33 Å². The second-order valence-electron chi connectivity index (χ2n) is 7.22. The third kappa shape index (κ3) is 2.07. The van der Waals surface area contributed by atoms with Crippen LogP contribution in [0.5, 0.6) is 0 Å². The van der Waals surface area contributed by atoms with Crippen LogP contribution < -0.4 is 5.32 Å². The van der Waals surface area contributed by atoms with E-state index in [-0.39, 0.29) is 0 Å². The topological polar surface area (TPSA) is 37.8 Å². The van der Waals surface area contributed by atoms with E-state index in [1.807, 2.05) is 12.4 Å². The Bertz CT molecular complexity index is 431. The van der Waals surface area contributed by atoms with Gasteiger partial charge < -0.3 is 5.32 Å². The zero-order valence-electron chi connectivity index (χ0n) is 12.3. The van der Waals surface area contributed by atoms with Gasteiger partial charge in [0.1, 0.15) is 6.33 Å². The Hall–Kier alpha value is -0.960. The zero-order valence-corrected chi connectivity index (χ0v) is 12.3. The summed E-state index contributed by atoms with van der Waals surface area (Å²) in [5.41, 5.74) is 1.30. The number of hydrogen-bond acceptors (Lipinski definition) is 3. The van der Waals surface area contributed by atoms with Crippen molar-refractivity contribution in [2.24, 2.45) is 29.6 Å². The maximum absolute atomic E-state index is 4.25. The molecule has 1 aromatic rings. The van der Waals surface area contributed by atoms with E-state index in [1.165, 1.54) is 37.7 Å². The first kappa shape index (κ1) is 12.8. The molecule has 0 spiro atoms. The molecule has 4 bridgehead atoms. The standard InChI is InChI=1S/C17H25N3/c1-2-20-17(15-8-18-10-19-9-15)16-13-4-11-3-12(6-13)7-14(16)5-11/h8-14,16-17,20H,2-7H2,1H3.